The second-order valence-corrected chi connectivity index (χ2v) is 18.4. The average Bonchev–Trinajstić information content (AvgIpc) is 2.63. The second kappa shape index (κ2) is 13.1. The van der Waals surface area contributed by atoms with Crippen molar-refractivity contribution in [1.29, 1.82) is 0 Å². The van der Waals surface area contributed by atoms with Crippen LogP contribution in [0.4, 0.5) is 0 Å². The minimum absolute atomic E-state index is 0.509. The Balaban J connectivity index is 2.75. The zero-order valence-electron chi connectivity index (χ0n) is 21.8. The summed E-state index contributed by atoms with van der Waals surface area (Å²) in [4.78, 5) is 2.66. The van der Waals surface area contributed by atoms with Crippen molar-refractivity contribution in [1.82, 2.24) is 9.47 Å². The molecule has 1 saturated heterocycles. The molecule has 0 aromatic carbocycles. The highest BCUT2D eigenvalue weighted by atomic mass is 28.4. The molecule has 0 aromatic rings. The quantitative estimate of drug-likeness (QED) is 0.321. The highest BCUT2D eigenvalue weighted by Crippen LogP contribution is 2.44. The Morgan fingerprint density at radius 1 is 0.667 bits per heavy atom. The van der Waals surface area contributed by atoms with E-state index in [0.717, 1.165) is 29.2 Å². The van der Waals surface area contributed by atoms with Crippen molar-refractivity contribution in [3.8, 4) is 0 Å². The van der Waals surface area contributed by atoms with Gasteiger partial charge in [-0.25, -0.2) is 0 Å². The van der Waals surface area contributed by atoms with E-state index in [-0.39, 0.29) is 0 Å². The molecule has 1 aliphatic rings. The zero-order valence-corrected chi connectivity index (χ0v) is 23.8. The van der Waals surface area contributed by atoms with Crippen LogP contribution in [0.2, 0.25) is 22.7 Å². The van der Waals surface area contributed by atoms with Crippen LogP contribution in [0.5, 0.6) is 0 Å². The lowest BCUT2D eigenvalue weighted by Crippen LogP contribution is -2.65. The molecule has 30 heavy (non-hydrogen) atoms. The van der Waals surface area contributed by atoms with E-state index in [9.17, 15) is 0 Å². The van der Waals surface area contributed by atoms with Gasteiger partial charge in [0.05, 0.1) is 0 Å². The van der Waals surface area contributed by atoms with Crippen LogP contribution in [0.3, 0.4) is 0 Å². The third-order valence-electron chi connectivity index (χ3n) is 6.96. The van der Waals surface area contributed by atoms with Gasteiger partial charge in [-0.1, -0.05) is 48.5 Å². The van der Waals surface area contributed by atoms with Gasteiger partial charge in [0.25, 0.3) is 0 Å². The SMILES string of the molecule is CCO[Si](CC(C)CN1CCN([Si](C(C)C)(C(C)C)C(C)C)CC1)(OCC)OCC. The molecule has 0 radical (unpaired) electrons. The van der Waals surface area contributed by atoms with Crippen molar-refractivity contribution in [2.75, 3.05) is 52.5 Å². The largest absolute Gasteiger partial charge is 0.501 e. The minimum atomic E-state index is -2.56. The summed E-state index contributed by atoms with van der Waals surface area (Å²) in [6, 6.07) is 0.908. The van der Waals surface area contributed by atoms with Crippen molar-refractivity contribution < 1.29 is 13.3 Å². The zero-order chi connectivity index (χ0) is 22.9. The van der Waals surface area contributed by atoms with Crippen LogP contribution in [0.15, 0.2) is 0 Å². The molecule has 1 fully saturated rings. The van der Waals surface area contributed by atoms with Crippen LogP contribution in [0.1, 0.15) is 69.2 Å². The van der Waals surface area contributed by atoms with E-state index in [2.05, 4.69) is 57.9 Å². The van der Waals surface area contributed by atoms with E-state index in [1.165, 1.54) is 26.2 Å². The molecule has 0 spiro atoms. The molecular formula is C23H52N2O3Si2. The van der Waals surface area contributed by atoms with Gasteiger partial charge in [-0.05, 0) is 43.3 Å². The summed E-state index contributed by atoms with van der Waals surface area (Å²) in [7, 11) is -4.07. The first-order chi connectivity index (χ1) is 14.1. The van der Waals surface area contributed by atoms with E-state index in [1.807, 2.05) is 20.8 Å². The van der Waals surface area contributed by atoms with E-state index in [1.54, 1.807) is 0 Å². The Labute approximate surface area is 190 Å². The average molecular weight is 461 g/mol. The summed E-state index contributed by atoms with van der Waals surface area (Å²) < 4.78 is 21.2. The predicted molar refractivity (Wildman–Crippen MR) is 134 cm³/mol. The number of hydrogen-bond acceptors (Lipinski definition) is 5. The maximum absolute atomic E-state index is 6.08. The summed E-state index contributed by atoms with van der Waals surface area (Å²) >= 11 is 0. The minimum Gasteiger partial charge on any atom is -0.374 e. The Hall–Kier alpha value is 0.234. The van der Waals surface area contributed by atoms with Gasteiger partial charge in [-0.15, -0.1) is 0 Å². The maximum Gasteiger partial charge on any atom is 0.501 e. The van der Waals surface area contributed by atoms with Gasteiger partial charge >= 0.3 is 8.80 Å². The van der Waals surface area contributed by atoms with Gasteiger partial charge in [-0.3, -0.25) is 0 Å². The molecule has 7 heteroatoms. The topological polar surface area (TPSA) is 34.2 Å². The lowest BCUT2D eigenvalue weighted by atomic mass is 10.2. The molecule has 1 unspecified atom stereocenters. The fourth-order valence-electron chi connectivity index (χ4n) is 6.31. The number of hydrogen-bond donors (Lipinski definition) is 0. The molecule has 0 aliphatic carbocycles. The highest BCUT2D eigenvalue weighted by Gasteiger charge is 2.48. The van der Waals surface area contributed by atoms with Crippen LogP contribution < -0.4 is 0 Å². The van der Waals surface area contributed by atoms with E-state index >= 15 is 0 Å². The van der Waals surface area contributed by atoms with Crippen molar-refractivity contribution in [3.05, 3.63) is 0 Å². The Morgan fingerprint density at radius 3 is 1.40 bits per heavy atom. The van der Waals surface area contributed by atoms with Crippen LogP contribution >= 0.6 is 0 Å². The van der Waals surface area contributed by atoms with E-state index in [4.69, 9.17) is 13.3 Å². The molecule has 1 rings (SSSR count). The molecule has 1 aliphatic heterocycles. The molecule has 0 N–H and O–H groups in total. The molecular weight excluding hydrogens is 408 g/mol. The molecule has 1 heterocycles. The molecule has 0 aromatic heterocycles. The summed E-state index contributed by atoms with van der Waals surface area (Å²) in [5, 5.41) is 0. The van der Waals surface area contributed by atoms with Gasteiger partial charge in [0.2, 0.25) is 0 Å². The fraction of sp³-hybridized carbons (Fsp3) is 1.00. The maximum atomic E-state index is 6.08. The monoisotopic (exact) mass is 460 g/mol. The smallest absolute Gasteiger partial charge is 0.374 e. The number of rotatable bonds is 14. The van der Waals surface area contributed by atoms with Crippen molar-refractivity contribution in [3.63, 3.8) is 0 Å². The third kappa shape index (κ3) is 6.86. The Bertz CT molecular complexity index is 431. The summed E-state index contributed by atoms with van der Waals surface area (Å²) in [5.74, 6) is 0.509. The molecule has 0 amide bonds. The fourth-order valence-corrected chi connectivity index (χ4v) is 16.4. The van der Waals surface area contributed by atoms with Crippen molar-refractivity contribution >= 4 is 17.0 Å². The molecule has 0 saturated carbocycles. The van der Waals surface area contributed by atoms with Gasteiger partial charge < -0.3 is 22.7 Å². The highest BCUT2D eigenvalue weighted by molar-refractivity contribution is 6.81. The van der Waals surface area contributed by atoms with Gasteiger partial charge in [0.15, 0.2) is 0 Å². The number of piperazine rings is 1. The van der Waals surface area contributed by atoms with Gasteiger partial charge in [0, 0.05) is 58.6 Å². The molecule has 0 bridgehead atoms. The van der Waals surface area contributed by atoms with E-state index in [0.29, 0.717) is 25.7 Å². The van der Waals surface area contributed by atoms with Crippen molar-refractivity contribution in [2.24, 2.45) is 5.92 Å². The van der Waals surface area contributed by atoms with Gasteiger partial charge in [0.1, 0.15) is 8.24 Å². The predicted octanol–water partition coefficient (Wildman–Crippen LogP) is 5.46. The van der Waals surface area contributed by atoms with Gasteiger partial charge in [-0.2, -0.15) is 0 Å². The summed E-state index contributed by atoms with van der Waals surface area (Å²) in [5.41, 5.74) is 2.37. The first-order valence-electron chi connectivity index (χ1n) is 12.5. The lowest BCUT2D eigenvalue weighted by Gasteiger charge is -2.54. The Kier molecular flexibility index (Phi) is 12.3. The third-order valence-corrected chi connectivity index (χ3v) is 17.4. The lowest BCUT2D eigenvalue weighted by molar-refractivity contribution is 0.0645. The van der Waals surface area contributed by atoms with Crippen LogP contribution in [0.25, 0.3) is 0 Å². The standard InChI is InChI=1S/C23H52N2O3Si2/c1-11-26-29(27-12-2,28-13-3)19-23(10)18-24-14-16-25(17-15-24)30(20(4)5,21(6)7)22(8)9/h20-23H,11-19H2,1-10H3. The van der Waals surface area contributed by atoms with Crippen LogP contribution in [0, 0.1) is 5.92 Å². The first kappa shape index (κ1) is 28.3. The Morgan fingerprint density at radius 2 is 1.07 bits per heavy atom. The summed E-state index contributed by atoms with van der Waals surface area (Å²) in [6.45, 7) is 31.2. The normalized spacial score (nSPS) is 18.7. The summed E-state index contributed by atoms with van der Waals surface area (Å²) in [6.07, 6.45) is 0. The van der Waals surface area contributed by atoms with Crippen molar-refractivity contribution in [2.45, 2.75) is 91.9 Å². The van der Waals surface area contributed by atoms with Crippen LogP contribution in [-0.4, -0.2) is 79.0 Å². The molecule has 180 valence electrons. The van der Waals surface area contributed by atoms with E-state index < -0.39 is 17.0 Å². The molecule has 5 nitrogen and oxygen atoms in total. The number of nitrogens with zero attached hydrogens (tertiary/aromatic N) is 2. The molecule has 1 atom stereocenters. The first-order valence-corrected chi connectivity index (χ1v) is 16.6. The van der Waals surface area contributed by atoms with Crippen LogP contribution in [-0.2, 0) is 13.3 Å². The second-order valence-electron chi connectivity index (χ2n) is 9.93.